The van der Waals surface area contributed by atoms with Crippen LogP contribution in [0, 0.1) is 11.7 Å². The predicted octanol–water partition coefficient (Wildman–Crippen LogP) is 3.87. The summed E-state index contributed by atoms with van der Waals surface area (Å²) >= 11 is 0. The van der Waals surface area contributed by atoms with Gasteiger partial charge in [0.1, 0.15) is 17.3 Å². The van der Waals surface area contributed by atoms with Crippen molar-refractivity contribution >= 4 is 11.6 Å². The molecule has 5 rings (SSSR count). The molecule has 3 heterocycles. The zero-order valence-electron chi connectivity index (χ0n) is 18.5. The lowest BCUT2D eigenvalue weighted by atomic mass is 9.83. The number of fused-ring (bicyclic) bond motifs is 4. The molecule has 2 aliphatic heterocycles. The summed E-state index contributed by atoms with van der Waals surface area (Å²) in [5, 5.41) is 2.77. The molecule has 1 N–H and O–H groups in total. The summed E-state index contributed by atoms with van der Waals surface area (Å²) in [6, 6.07) is 17.1. The van der Waals surface area contributed by atoms with E-state index >= 15 is 0 Å². The fourth-order valence-corrected chi connectivity index (χ4v) is 5.05. The molecule has 0 unspecified atom stereocenters. The Hall–Kier alpha value is -3.45. The highest BCUT2D eigenvalue weighted by Crippen LogP contribution is 2.36. The Morgan fingerprint density at radius 2 is 1.79 bits per heavy atom. The van der Waals surface area contributed by atoms with Crippen molar-refractivity contribution in [3.8, 4) is 5.75 Å². The molecule has 0 spiro atoms. The summed E-state index contributed by atoms with van der Waals surface area (Å²) in [7, 11) is 1.57. The number of aromatic nitrogens is 1. The Kier molecular flexibility index (Phi) is 5.72. The van der Waals surface area contributed by atoms with E-state index in [1.165, 1.54) is 12.1 Å². The molecule has 0 saturated carbocycles. The summed E-state index contributed by atoms with van der Waals surface area (Å²) in [6.45, 7) is 3.15. The standard InChI is InChI=1S/C26H26FN3O3/c1-33-22-8-4-19(5-9-22)25(31)28-23-10-11-24-20-12-18(15-30(24)26(23)32)14-29(16-20)13-17-2-6-21(27)7-3-17/h2-11,18,20H,12-16H2,1H3,(H,28,31)/t18-,20+/m0/s1. The van der Waals surface area contributed by atoms with Crippen LogP contribution >= 0.6 is 0 Å². The molecule has 3 aromatic rings. The van der Waals surface area contributed by atoms with Crippen molar-refractivity contribution < 1.29 is 13.9 Å². The van der Waals surface area contributed by atoms with E-state index in [9.17, 15) is 14.0 Å². The third-order valence-corrected chi connectivity index (χ3v) is 6.60. The van der Waals surface area contributed by atoms with Crippen LogP contribution in [0.3, 0.4) is 0 Å². The highest BCUT2D eigenvalue weighted by atomic mass is 19.1. The lowest BCUT2D eigenvalue weighted by molar-refractivity contribution is 0.102. The molecular formula is C26H26FN3O3. The van der Waals surface area contributed by atoms with Gasteiger partial charge in [-0.15, -0.1) is 0 Å². The van der Waals surface area contributed by atoms with Crippen molar-refractivity contribution in [1.82, 2.24) is 9.47 Å². The molecular weight excluding hydrogens is 421 g/mol. The second-order valence-corrected chi connectivity index (χ2v) is 8.89. The molecule has 1 saturated heterocycles. The molecule has 1 amide bonds. The Bertz CT molecular complexity index is 1220. The summed E-state index contributed by atoms with van der Waals surface area (Å²) in [5.74, 6) is 0.744. The first-order valence-electron chi connectivity index (χ1n) is 11.2. The van der Waals surface area contributed by atoms with Crippen LogP contribution in [-0.2, 0) is 13.1 Å². The quantitative estimate of drug-likeness (QED) is 0.645. The average molecular weight is 448 g/mol. The largest absolute Gasteiger partial charge is 0.497 e. The number of rotatable bonds is 5. The molecule has 6 nitrogen and oxygen atoms in total. The molecule has 33 heavy (non-hydrogen) atoms. The maximum absolute atomic E-state index is 13.2. The van der Waals surface area contributed by atoms with Gasteiger partial charge in [-0.1, -0.05) is 12.1 Å². The van der Waals surface area contributed by atoms with Crippen molar-refractivity contribution in [2.24, 2.45) is 5.92 Å². The van der Waals surface area contributed by atoms with E-state index in [1.54, 1.807) is 37.4 Å². The van der Waals surface area contributed by atoms with Crippen LogP contribution in [0.5, 0.6) is 5.75 Å². The van der Waals surface area contributed by atoms with Crippen LogP contribution in [0.4, 0.5) is 10.1 Å². The Balaban J connectivity index is 1.32. The van der Waals surface area contributed by atoms with Crippen LogP contribution in [0.1, 0.15) is 34.0 Å². The van der Waals surface area contributed by atoms with Crippen LogP contribution in [0.2, 0.25) is 0 Å². The first kappa shape index (κ1) is 21.4. The van der Waals surface area contributed by atoms with Gasteiger partial charge in [-0.2, -0.15) is 0 Å². The van der Waals surface area contributed by atoms with Crippen LogP contribution in [0.15, 0.2) is 65.5 Å². The summed E-state index contributed by atoms with van der Waals surface area (Å²) in [5.41, 5.74) is 2.71. The highest BCUT2D eigenvalue weighted by Gasteiger charge is 2.35. The number of ether oxygens (including phenoxy) is 1. The third kappa shape index (κ3) is 4.41. The number of benzene rings is 2. The summed E-state index contributed by atoms with van der Waals surface area (Å²) in [4.78, 5) is 28.2. The van der Waals surface area contributed by atoms with E-state index in [4.69, 9.17) is 4.74 Å². The number of hydrogen-bond donors (Lipinski definition) is 1. The van der Waals surface area contributed by atoms with E-state index in [-0.39, 0.29) is 23.2 Å². The number of halogens is 1. The summed E-state index contributed by atoms with van der Waals surface area (Å²) < 4.78 is 20.2. The minimum Gasteiger partial charge on any atom is -0.497 e. The van der Waals surface area contributed by atoms with Gasteiger partial charge >= 0.3 is 0 Å². The zero-order chi connectivity index (χ0) is 22.9. The van der Waals surface area contributed by atoms with Gasteiger partial charge in [-0.05, 0) is 66.4 Å². The number of anilines is 1. The van der Waals surface area contributed by atoms with Gasteiger partial charge < -0.3 is 14.6 Å². The monoisotopic (exact) mass is 447 g/mol. The molecule has 170 valence electrons. The van der Waals surface area contributed by atoms with E-state index in [1.807, 2.05) is 22.8 Å². The van der Waals surface area contributed by atoms with Crippen LogP contribution in [0.25, 0.3) is 0 Å². The van der Waals surface area contributed by atoms with Gasteiger partial charge in [-0.25, -0.2) is 4.39 Å². The minimum absolute atomic E-state index is 0.156. The number of nitrogens with zero attached hydrogens (tertiary/aromatic N) is 2. The fourth-order valence-electron chi connectivity index (χ4n) is 5.05. The lowest BCUT2D eigenvalue weighted by Crippen LogP contribution is -2.47. The molecule has 1 aromatic heterocycles. The number of carbonyl (C=O) groups excluding carboxylic acids is 1. The van der Waals surface area contributed by atoms with Crippen molar-refractivity contribution in [2.75, 3.05) is 25.5 Å². The minimum atomic E-state index is -0.322. The lowest BCUT2D eigenvalue weighted by Gasteiger charge is -2.43. The summed E-state index contributed by atoms with van der Waals surface area (Å²) in [6.07, 6.45) is 1.05. The molecule has 2 atom stereocenters. The maximum atomic E-state index is 13.2. The van der Waals surface area contributed by atoms with E-state index < -0.39 is 0 Å². The third-order valence-electron chi connectivity index (χ3n) is 6.60. The number of hydrogen-bond acceptors (Lipinski definition) is 4. The van der Waals surface area contributed by atoms with E-state index in [2.05, 4.69) is 10.2 Å². The fraction of sp³-hybridized carbons (Fsp3) is 0.308. The Morgan fingerprint density at radius 3 is 2.52 bits per heavy atom. The van der Waals surface area contributed by atoms with Crippen molar-refractivity contribution in [3.05, 3.63) is 93.7 Å². The van der Waals surface area contributed by atoms with Gasteiger partial charge in [0.15, 0.2) is 0 Å². The smallest absolute Gasteiger partial charge is 0.274 e. The highest BCUT2D eigenvalue weighted by molar-refractivity contribution is 6.04. The van der Waals surface area contributed by atoms with Gasteiger partial charge in [-0.3, -0.25) is 14.5 Å². The number of pyridine rings is 1. The van der Waals surface area contributed by atoms with Crippen molar-refractivity contribution in [2.45, 2.75) is 25.4 Å². The Morgan fingerprint density at radius 1 is 1.03 bits per heavy atom. The number of nitrogens with one attached hydrogen (secondary N) is 1. The Labute approximate surface area is 191 Å². The zero-order valence-corrected chi connectivity index (χ0v) is 18.5. The van der Waals surface area contributed by atoms with Gasteiger partial charge in [0.25, 0.3) is 11.5 Å². The predicted molar refractivity (Wildman–Crippen MR) is 124 cm³/mol. The molecule has 2 aromatic carbocycles. The maximum Gasteiger partial charge on any atom is 0.274 e. The van der Waals surface area contributed by atoms with Crippen molar-refractivity contribution in [3.63, 3.8) is 0 Å². The number of likely N-dealkylation sites (tertiary alicyclic amines) is 1. The normalized spacial score (nSPS) is 19.6. The number of methoxy groups -OCH3 is 1. The number of amides is 1. The van der Waals surface area contributed by atoms with E-state index in [0.29, 0.717) is 29.5 Å². The van der Waals surface area contributed by atoms with Gasteiger partial charge in [0.05, 0.1) is 7.11 Å². The van der Waals surface area contributed by atoms with Crippen molar-refractivity contribution in [1.29, 1.82) is 0 Å². The SMILES string of the molecule is COc1ccc(C(=O)Nc2ccc3n(c2=O)C[C@H]2C[C@@H]3CN(Cc3ccc(F)cc3)C2)cc1. The molecule has 0 radical (unpaired) electrons. The first-order chi connectivity index (χ1) is 16.0. The van der Waals surface area contributed by atoms with Gasteiger partial charge in [0.2, 0.25) is 0 Å². The van der Waals surface area contributed by atoms with E-state index in [0.717, 1.165) is 37.3 Å². The molecule has 2 bridgehead atoms. The topological polar surface area (TPSA) is 63.6 Å². The molecule has 2 aliphatic rings. The average Bonchev–Trinajstić information content (AvgIpc) is 2.82. The second kappa shape index (κ2) is 8.83. The van der Waals surface area contributed by atoms with Gasteiger partial charge in [0, 0.05) is 43.4 Å². The second-order valence-electron chi connectivity index (χ2n) is 8.89. The van der Waals surface area contributed by atoms with Crippen LogP contribution in [-0.4, -0.2) is 35.6 Å². The number of carbonyl (C=O) groups is 1. The van der Waals surface area contributed by atoms with Crippen LogP contribution < -0.4 is 15.6 Å². The molecule has 1 fully saturated rings. The number of piperidine rings is 1. The molecule has 0 aliphatic carbocycles. The first-order valence-corrected chi connectivity index (χ1v) is 11.2. The molecule has 7 heteroatoms.